The van der Waals surface area contributed by atoms with E-state index in [1.54, 1.807) is 28.8 Å². The summed E-state index contributed by atoms with van der Waals surface area (Å²) in [6.07, 6.45) is 0. The molecule has 32 heavy (non-hydrogen) atoms. The van der Waals surface area contributed by atoms with Crippen LogP contribution in [-0.4, -0.2) is 11.7 Å². The van der Waals surface area contributed by atoms with Crippen LogP contribution in [0.25, 0.3) is 10.8 Å². The predicted octanol–water partition coefficient (Wildman–Crippen LogP) is 7.50. The highest BCUT2D eigenvalue weighted by atomic mass is 35.5. The number of benzene rings is 4. The Kier molecular flexibility index (Phi) is 6.01. The van der Waals surface area contributed by atoms with Gasteiger partial charge in [0.05, 0.1) is 5.75 Å². The normalized spacial score (nSPS) is 16.0. The number of hydrogen-bond donors (Lipinski definition) is 0. The van der Waals surface area contributed by atoms with Gasteiger partial charge in [-0.2, -0.15) is 0 Å². The van der Waals surface area contributed by atoms with Crippen LogP contribution in [0.15, 0.2) is 84.9 Å². The summed E-state index contributed by atoms with van der Waals surface area (Å²) >= 11 is 14.0. The molecule has 1 aliphatic rings. The first-order valence-electron chi connectivity index (χ1n) is 10.2. The molecule has 0 saturated carbocycles. The predicted molar refractivity (Wildman–Crippen MR) is 134 cm³/mol. The van der Waals surface area contributed by atoms with E-state index in [1.165, 1.54) is 10.8 Å². The molecule has 0 unspecified atom stereocenters. The summed E-state index contributed by atoms with van der Waals surface area (Å²) in [4.78, 5) is 14.6. The fourth-order valence-electron chi connectivity index (χ4n) is 3.95. The van der Waals surface area contributed by atoms with Crippen LogP contribution in [0.1, 0.15) is 16.5 Å². The van der Waals surface area contributed by atoms with Crippen molar-refractivity contribution in [3.63, 3.8) is 0 Å². The second-order valence-electron chi connectivity index (χ2n) is 7.51. The Hall–Kier alpha value is -2.66. The van der Waals surface area contributed by atoms with E-state index in [0.29, 0.717) is 28.2 Å². The Bertz CT molecular complexity index is 1290. The fourth-order valence-corrected chi connectivity index (χ4v) is 5.45. The lowest BCUT2D eigenvalue weighted by Gasteiger charge is -2.26. The number of carbonyl (C=O) groups is 1. The molecule has 0 spiro atoms. The summed E-state index contributed by atoms with van der Waals surface area (Å²) in [5.74, 6) is 1.15. The van der Waals surface area contributed by atoms with Gasteiger partial charge in [-0.1, -0.05) is 65.7 Å². The van der Waals surface area contributed by atoms with Crippen molar-refractivity contribution in [1.82, 2.24) is 0 Å². The van der Waals surface area contributed by atoms with Gasteiger partial charge in [-0.25, -0.2) is 0 Å². The van der Waals surface area contributed by atoms with Gasteiger partial charge in [-0.3, -0.25) is 9.69 Å². The molecule has 1 aliphatic heterocycles. The lowest BCUT2D eigenvalue weighted by atomic mass is 10.1. The van der Waals surface area contributed by atoms with Gasteiger partial charge >= 0.3 is 0 Å². The van der Waals surface area contributed by atoms with Crippen LogP contribution in [0.3, 0.4) is 0 Å². The van der Waals surface area contributed by atoms with Crippen molar-refractivity contribution >= 4 is 57.3 Å². The van der Waals surface area contributed by atoms with Crippen LogP contribution in [0.5, 0.6) is 5.75 Å². The van der Waals surface area contributed by atoms with E-state index in [0.717, 1.165) is 16.8 Å². The molecule has 1 heterocycles. The number of anilines is 1. The Morgan fingerprint density at radius 1 is 0.906 bits per heavy atom. The Morgan fingerprint density at radius 2 is 1.66 bits per heavy atom. The van der Waals surface area contributed by atoms with E-state index in [-0.39, 0.29) is 11.3 Å². The first-order valence-corrected chi connectivity index (χ1v) is 12.0. The summed E-state index contributed by atoms with van der Waals surface area (Å²) < 4.78 is 6.31. The zero-order chi connectivity index (χ0) is 22.1. The Balaban J connectivity index is 1.48. The smallest absolute Gasteiger partial charge is 0.238 e. The molecule has 3 nitrogen and oxygen atoms in total. The van der Waals surface area contributed by atoms with Crippen LogP contribution in [0.2, 0.25) is 10.0 Å². The zero-order valence-corrected chi connectivity index (χ0v) is 19.3. The summed E-state index contributed by atoms with van der Waals surface area (Å²) in [5.41, 5.74) is 2.78. The topological polar surface area (TPSA) is 29.5 Å². The first kappa shape index (κ1) is 21.2. The summed E-state index contributed by atoms with van der Waals surface area (Å²) in [6, 6.07) is 27.4. The molecule has 0 radical (unpaired) electrons. The van der Waals surface area contributed by atoms with Crippen LogP contribution in [-0.2, 0) is 11.4 Å². The van der Waals surface area contributed by atoms with Gasteiger partial charge in [0.2, 0.25) is 5.91 Å². The number of rotatable bonds is 5. The van der Waals surface area contributed by atoms with Gasteiger partial charge in [0.25, 0.3) is 0 Å². The quantitative estimate of drug-likeness (QED) is 0.296. The van der Waals surface area contributed by atoms with E-state index in [9.17, 15) is 4.79 Å². The largest absolute Gasteiger partial charge is 0.488 e. The minimum absolute atomic E-state index is 0.0438. The molecule has 6 heteroatoms. The number of thioether (sulfide) groups is 1. The van der Waals surface area contributed by atoms with E-state index < -0.39 is 0 Å². The highest BCUT2D eigenvalue weighted by molar-refractivity contribution is 8.00. The second-order valence-corrected chi connectivity index (χ2v) is 9.45. The third-order valence-corrected chi connectivity index (χ3v) is 7.15. The third-order valence-electron chi connectivity index (χ3n) is 5.47. The minimum Gasteiger partial charge on any atom is -0.488 e. The van der Waals surface area contributed by atoms with Crippen molar-refractivity contribution in [3.05, 3.63) is 106 Å². The number of fused-ring (bicyclic) bond motifs is 1. The highest BCUT2D eigenvalue weighted by Gasteiger charge is 2.36. The number of amides is 1. The molecule has 0 aromatic heterocycles. The van der Waals surface area contributed by atoms with Gasteiger partial charge in [0.15, 0.2) is 0 Å². The Labute approximate surface area is 200 Å². The molecule has 5 rings (SSSR count). The number of hydrogen-bond acceptors (Lipinski definition) is 3. The van der Waals surface area contributed by atoms with Gasteiger partial charge in [0, 0.05) is 21.3 Å². The van der Waals surface area contributed by atoms with E-state index in [1.807, 2.05) is 48.5 Å². The number of nitrogens with zero attached hydrogens (tertiary/aromatic N) is 1. The monoisotopic (exact) mass is 479 g/mol. The van der Waals surface area contributed by atoms with Crippen LogP contribution in [0.4, 0.5) is 5.69 Å². The summed E-state index contributed by atoms with van der Waals surface area (Å²) in [5, 5.41) is 3.35. The minimum atomic E-state index is -0.232. The maximum Gasteiger partial charge on any atom is 0.238 e. The molecule has 1 fully saturated rings. The molecule has 0 N–H and O–H groups in total. The maximum atomic E-state index is 12.8. The Morgan fingerprint density at radius 3 is 2.50 bits per heavy atom. The maximum absolute atomic E-state index is 12.8. The molecule has 4 aromatic carbocycles. The van der Waals surface area contributed by atoms with Crippen molar-refractivity contribution in [2.75, 3.05) is 10.7 Å². The van der Waals surface area contributed by atoms with Crippen molar-refractivity contribution in [1.29, 1.82) is 0 Å². The average Bonchev–Trinajstić information content (AvgIpc) is 3.20. The molecular weight excluding hydrogens is 461 g/mol. The molecule has 0 aliphatic carbocycles. The van der Waals surface area contributed by atoms with E-state index in [2.05, 4.69) is 24.3 Å². The lowest BCUT2D eigenvalue weighted by molar-refractivity contribution is -0.115. The third kappa shape index (κ3) is 4.18. The highest BCUT2D eigenvalue weighted by Crippen LogP contribution is 2.46. The first-order chi connectivity index (χ1) is 15.6. The molecule has 0 bridgehead atoms. The standard InChI is InChI=1S/C26H19Cl2NO2S/c27-19-8-11-21(12-9-19)29-25(30)16-32-26(29)23-14-20(28)10-13-24(23)31-15-18-6-3-5-17-4-1-2-7-22(17)18/h1-14,26H,15-16H2/t26-/m1/s1. The van der Waals surface area contributed by atoms with E-state index >= 15 is 0 Å². The second kappa shape index (κ2) is 9.07. The van der Waals surface area contributed by atoms with Gasteiger partial charge in [0.1, 0.15) is 17.7 Å². The zero-order valence-electron chi connectivity index (χ0n) is 17.0. The molecule has 1 atom stereocenters. The van der Waals surface area contributed by atoms with Gasteiger partial charge < -0.3 is 4.74 Å². The average molecular weight is 480 g/mol. The molecule has 160 valence electrons. The van der Waals surface area contributed by atoms with Crippen molar-refractivity contribution in [3.8, 4) is 5.75 Å². The SMILES string of the molecule is O=C1CS[C@H](c2cc(Cl)ccc2OCc2cccc3ccccc23)N1c1ccc(Cl)cc1. The van der Waals surface area contributed by atoms with Crippen LogP contribution in [0, 0.1) is 0 Å². The van der Waals surface area contributed by atoms with Crippen molar-refractivity contribution < 1.29 is 9.53 Å². The number of halogens is 2. The summed E-state index contributed by atoms with van der Waals surface area (Å²) in [6.45, 7) is 0.419. The lowest BCUT2D eigenvalue weighted by Crippen LogP contribution is -2.28. The number of ether oxygens (including phenoxy) is 1. The molecule has 4 aromatic rings. The van der Waals surface area contributed by atoms with Gasteiger partial charge in [-0.05, 0) is 58.8 Å². The number of carbonyl (C=O) groups excluding carboxylic acids is 1. The van der Waals surface area contributed by atoms with E-state index in [4.69, 9.17) is 27.9 Å². The van der Waals surface area contributed by atoms with Gasteiger partial charge in [-0.15, -0.1) is 11.8 Å². The van der Waals surface area contributed by atoms with Crippen molar-refractivity contribution in [2.24, 2.45) is 0 Å². The molecule has 1 amide bonds. The van der Waals surface area contributed by atoms with Crippen LogP contribution >= 0.6 is 35.0 Å². The summed E-state index contributed by atoms with van der Waals surface area (Å²) in [7, 11) is 0. The van der Waals surface area contributed by atoms with Crippen molar-refractivity contribution in [2.45, 2.75) is 12.0 Å². The van der Waals surface area contributed by atoms with Crippen LogP contribution < -0.4 is 9.64 Å². The fraction of sp³-hybridized carbons (Fsp3) is 0.115. The molecular formula is C26H19Cl2NO2S. The molecule has 1 saturated heterocycles.